The summed E-state index contributed by atoms with van der Waals surface area (Å²) < 4.78 is 1.88. The highest BCUT2D eigenvalue weighted by Crippen LogP contribution is 2.37. The molecule has 1 aliphatic rings. The summed E-state index contributed by atoms with van der Waals surface area (Å²) in [5.74, 6) is 0. The van der Waals surface area contributed by atoms with Gasteiger partial charge in [-0.3, -0.25) is 9.58 Å². The maximum atomic E-state index is 4.26. The minimum atomic E-state index is 0.460. The number of hydrogen-bond acceptors (Lipinski definition) is 3. The van der Waals surface area contributed by atoms with Gasteiger partial charge in [-0.05, 0) is 38.8 Å². The van der Waals surface area contributed by atoms with E-state index in [2.05, 4.69) is 49.5 Å². The van der Waals surface area contributed by atoms with Gasteiger partial charge in [-0.1, -0.05) is 13.8 Å². The molecule has 1 aliphatic carbocycles. The summed E-state index contributed by atoms with van der Waals surface area (Å²) in [6, 6.07) is 1.21. The molecule has 0 saturated heterocycles. The van der Waals surface area contributed by atoms with Gasteiger partial charge in [0.05, 0.1) is 6.20 Å². The molecule has 4 nitrogen and oxygen atoms in total. The monoisotopic (exact) mass is 264 g/mol. The van der Waals surface area contributed by atoms with Crippen LogP contribution in [0.1, 0.15) is 38.7 Å². The fraction of sp³-hybridized carbons (Fsp3) is 0.800. The number of aryl methyl sites for hydroxylation is 1. The Morgan fingerprint density at radius 3 is 2.84 bits per heavy atom. The van der Waals surface area contributed by atoms with Gasteiger partial charge in [0.2, 0.25) is 0 Å². The first kappa shape index (κ1) is 14.5. The third kappa shape index (κ3) is 3.57. The third-order valence-electron chi connectivity index (χ3n) is 4.49. The van der Waals surface area contributed by atoms with Crippen LogP contribution in [-0.4, -0.2) is 40.9 Å². The minimum absolute atomic E-state index is 0.460. The van der Waals surface area contributed by atoms with Gasteiger partial charge >= 0.3 is 0 Å². The summed E-state index contributed by atoms with van der Waals surface area (Å²) >= 11 is 0. The molecule has 1 aromatic heterocycles. The molecule has 4 heteroatoms. The van der Waals surface area contributed by atoms with Crippen molar-refractivity contribution in [3.8, 4) is 0 Å². The maximum Gasteiger partial charge on any atom is 0.0534 e. The van der Waals surface area contributed by atoms with Crippen molar-refractivity contribution in [1.29, 1.82) is 0 Å². The van der Waals surface area contributed by atoms with Crippen LogP contribution in [0.2, 0.25) is 0 Å². The molecule has 2 atom stereocenters. The normalized spacial score (nSPS) is 26.8. The highest BCUT2D eigenvalue weighted by atomic mass is 15.2. The molecular formula is C15H28N4. The zero-order chi connectivity index (χ0) is 14.0. The number of rotatable bonds is 4. The molecule has 2 rings (SSSR count). The molecule has 0 amide bonds. The number of likely N-dealkylation sites (N-methyl/N-ethyl adjacent to an activating group) is 2. The van der Waals surface area contributed by atoms with E-state index in [4.69, 9.17) is 0 Å². The average molecular weight is 264 g/mol. The Morgan fingerprint density at radius 2 is 2.26 bits per heavy atom. The van der Waals surface area contributed by atoms with Crippen LogP contribution in [0.25, 0.3) is 0 Å². The van der Waals surface area contributed by atoms with Crippen molar-refractivity contribution >= 4 is 0 Å². The van der Waals surface area contributed by atoms with Gasteiger partial charge in [0.1, 0.15) is 0 Å². The Morgan fingerprint density at radius 1 is 1.53 bits per heavy atom. The van der Waals surface area contributed by atoms with E-state index in [9.17, 15) is 0 Å². The Kier molecular flexibility index (Phi) is 4.31. The summed E-state index contributed by atoms with van der Waals surface area (Å²) in [6.45, 7) is 5.76. The topological polar surface area (TPSA) is 33.1 Å². The largest absolute Gasteiger partial charge is 0.315 e. The second-order valence-electron chi connectivity index (χ2n) is 6.81. The second-order valence-corrected chi connectivity index (χ2v) is 6.81. The molecule has 0 aromatic carbocycles. The minimum Gasteiger partial charge on any atom is -0.315 e. The zero-order valence-corrected chi connectivity index (χ0v) is 13.0. The van der Waals surface area contributed by atoms with Crippen molar-refractivity contribution in [3.63, 3.8) is 0 Å². The molecule has 0 radical (unpaired) electrons. The summed E-state index contributed by atoms with van der Waals surface area (Å²) in [5, 5.41) is 7.76. The Balaban J connectivity index is 2.04. The van der Waals surface area contributed by atoms with E-state index in [1.807, 2.05) is 17.9 Å². The SMILES string of the molecule is CNC1CCC(C)(C)CC1N(C)Cc1cnn(C)c1. The van der Waals surface area contributed by atoms with E-state index >= 15 is 0 Å². The van der Waals surface area contributed by atoms with Gasteiger partial charge in [0, 0.05) is 37.4 Å². The first-order valence-corrected chi connectivity index (χ1v) is 7.26. The molecule has 1 saturated carbocycles. The number of hydrogen-bond donors (Lipinski definition) is 1. The Bertz CT molecular complexity index is 410. The van der Waals surface area contributed by atoms with Crippen molar-refractivity contribution in [1.82, 2.24) is 20.0 Å². The number of aromatic nitrogens is 2. The Labute approximate surface area is 117 Å². The van der Waals surface area contributed by atoms with Crippen molar-refractivity contribution in [2.45, 2.75) is 51.7 Å². The van der Waals surface area contributed by atoms with Crippen molar-refractivity contribution < 1.29 is 0 Å². The molecule has 2 unspecified atom stereocenters. The van der Waals surface area contributed by atoms with Crippen molar-refractivity contribution in [2.24, 2.45) is 12.5 Å². The molecule has 0 bridgehead atoms. The molecule has 1 heterocycles. The van der Waals surface area contributed by atoms with E-state index in [0.717, 1.165) is 6.54 Å². The van der Waals surface area contributed by atoms with Crippen molar-refractivity contribution in [3.05, 3.63) is 18.0 Å². The molecule has 1 fully saturated rings. The summed E-state index contributed by atoms with van der Waals surface area (Å²) in [6.07, 6.45) is 7.92. The summed E-state index contributed by atoms with van der Waals surface area (Å²) in [4.78, 5) is 2.49. The van der Waals surface area contributed by atoms with E-state index < -0.39 is 0 Å². The van der Waals surface area contributed by atoms with Crippen LogP contribution < -0.4 is 5.32 Å². The van der Waals surface area contributed by atoms with E-state index in [-0.39, 0.29) is 0 Å². The molecule has 1 aromatic rings. The lowest BCUT2D eigenvalue weighted by Gasteiger charge is -2.44. The molecule has 108 valence electrons. The Hall–Kier alpha value is -0.870. The van der Waals surface area contributed by atoms with Gasteiger partial charge in [-0.2, -0.15) is 5.10 Å². The maximum absolute atomic E-state index is 4.26. The first-order chi connectivity index (χ1) is 8.91. The third-order valence-corrected chi connectivity index (χ3v) is 4.49. The number of nitrogens with zero attached hydrogens (tertiary/aromatic N) is 3. The zero-order valence-electron chi connectivity index (χ0n) is 13.0. The van der Waals surface area contributed by atoms with Gasteiger partial charge in [-0.25, -0.2) is 0 Å². The van der Waals surface area contributed by atoms with Gasteiger partial charge in [-0.15, -0.1) is 0 Å². The lowest BCUT2D eigenvalue weighted by Crippen LogP contribution is -2.52. The van der Waals surface area contributed by atoms with Crippen LogP contribution in [0.4, 0.5) is 0 Å². The highest BCUT2D eigenvalue weighted by Gasteiger charge is 2.36. The van der Waals surface area contributed by atoms with Crippen LogP contribution in [-0.2, 0) is 13.6 Å². The molecule has 0 aliphatic heterocycles. The lowest BCUT2D eigenvalue weighted by molar-refractivity contribution is 0.0804. The quantitative estimate of drug-likeness (QED) is 0.903. The van der Waals surface area contributed by atoms with Crippen LogP contribution in [0.15, 0.2) is 12.4 Å². The predicted molar refractivity (Wildman–Crippen MR) is 78.9 cm³/mol. The highest BCUT2D eigenvalue weighted by molar-refractivity contribution is 5.04. The van der Waals surface area contributed by atoms with E-state index in [1.165, 1.54) is 24.8 Å². The van der Waals surface area contributed by atoms with E-state index in [0.29, 0.717) is 17.5 Å². The standard InChI is InChI=1S/C15H28N4/c1-15(2)7-6-13(16-3)14(8-15)18(4)10-12-9-17-19(5)11-12/h9,11,13-14,16H,6-8,10H2,1-5H3. The first-order valence-electron chi connectivity index (χ1n) is 7.26. The van der Waals surface area contributed by atoms with Gasteiger partial charge < -0.3 is 5.32 Å². The predicted octanol–water partition coefficient (Wildman–Crippen LogP) is 2.02. The molecule has 0 spiro atoms. The average Bonchev–Trinajstić information content (AvgIpc) is 2.73. The fourth-order valence-electron chi connectivity index (χ4n) is 3.31. The van der Waals surface area contributed by atoms with Crippen molar-refractivity contribution in [2.75, 3.05) is 14.1 Å². The van der Waals surface area contributed by atoms with Crippen LogP contribution in [0.5, 0.6) is 0 Å². The number of nitrogens with one attached hydrogen (secondary N) is 1. The molecule has 1 N–H and O–H groups in total. The lowest BCUT2D eigenvalue weighted by atomic mass is 9.72. The smallest absolute Gasteiger partial charge is 0.0534 e. The van der Waals surface area contributed by atoms with Gasteiger partial charge in [0.15, 0.2) is 0 Å². The summed E-state index contributed by atoms with van der Waals surface area (Å²) in [5.41, 5.74) is 1.75. The van der Waals surface area contributed by atoms with Crippen LogP contribution >= 0.6 is 0 Å². The van der Waals surface area contributed by atoms with Crippen LogP contribution in [0, 0.1) is 5.41 Å². The fourth-order valence-corrected chi connectivity index (χ4v) is 3.31. The molecule has 19 heavy (non-hydrogen) atoms. The second kappa shape index (κ2) is 5.63. The van der Waals surface area contributed by atoms with Crippen LogP contribution in [0.3, 0.4) is 0 Å². The van der Waals surface area contributed by atoms with Gasteiger partial charge in [0.25, 0.3) is 0 Å². The summed E-state index contributed by atoms with van der Waals surface area (Å²) in [7, 11) is 6.31. The van der Waals surface area contributed by atoms with E-state index in [1.54, 1.807) is 0 Å². The molecular weight excluding hydrogens is 236 g/mol.